The van der Waals surface area contributed by atoms with E-state index in [1.807, 2.05) is 69.3 Å². The number of aromatic nitrogens is 1. The summed E-state index contributed by atoms with van der Waals surface area (Å²) in [6, 6.07) is 12.2. The van der Waals surface area contributed by atoms with E-state index in [4.69, 9.17) is 23.9 Å². The van der Waals surface area contributed by atoms with Gasteiger partial charge in [-0.15, -0.1) is 0 Å². The van der Waals surface area contributed by atoms with Gasteiger partial charge in [-0.3, -0.25) is 9.36 Å². The minimum absolute atomic E-state index is 0.00374. The molecule has 0 saturated carbocycles. The molecule has 1 aliphatic heterocycles. The van der Waals surface area contributed by atoms with Gasteiger partial charge in [-0.1, -0.05) is 42.9 Å². The molecule has 206 valence electrons. The average Bonchev–Trinajstić information content (AvgIpc) is 3.23. The number of carbonyl (C=O) groups excluding carboxylic acids is 1. The van der Waals surface area contributed by atoms with Gasteiger partial charge in [0.2, 0.25) is 0 Å². The van der Waals surface area contributed by atoms with Crippen molar-refractivity contribution < 1.29 is 23.7 Å². The lowest BCUT2D eigenvalue weighted by Gasteiger charge is -2.26. The lowest BCUT2D eigenvalue weighted by Crippen LogP contribution is -2.40. The van der Waals surface area contributed by atoms with Crippen LogP contribution in [0.3, 0.4) is 0 Å². The van der Waals surface area contributed by atoms with Gasteiger partial charge in [-0.05, 0) is 68.7 Å². The fourth-order valence-electron chi connectivity index (χ4n) is 4.52. The second-order valence-electron chi connectivity index (χ2n) is 9.27. The molecule has 0 saturated heterocycles. The lowest BCUT2D eigenvalue weighted by molar-refractivity contribution is -0.139. The Morgan fingerprint density at radius 2 is 1.90 bits per heavy atom. The third-order valence-corrected chi connectivity index (χ3v) is 7.13. The fraction of sp³-hybridized carbons (Fsp3) is 0.367. The second-order valence-corrected chi connectivity index (χ2v) is 10.3. The number of benzene rings is 2. The van der Waals surface area contributed by atoms with Crippen LogP contribution in [0.4, 0.5) is 0 Å². The molecule has 1 aromatic heterocycles. The molecular formula is C30H34N2O6S. The molecule has 1 aliphatic rings. The number of methoxy groups -OCH3 is 2. The summed E-state index contributed by atoms with van der Waals surface area (Å²) in [5.74, 6) is 1.36. The number of thiazole rings is 1. The summed E-state index contributed by atoms with van der Waals surface area (Å²) in [4.78, 5) is 32.6. The van der Waals surface area contributed by atoms with Gasteiger partial charge in [0.05, 0.1) is 48.8 Å². The average molecular weight is 551 g/mol. The number of rotatable bonds is 10. The van der Waals surface area contributed by atoms with E-state index < -0.39 is 12.0 Å². The van der Waals surface area contributed by atoms with E-state index in [-0.39, 0.29) is 18.3 Å². The van der Waals surface area contributed by atoms with E-state index in [9.17, 15) is 9.59 Å². The Bertz CT molecular complexity index is 1570. The number of hydrogen-bond donors (Lipinski definition) is 0. The van der Waals surface area contributed by atoms with Crippen LogP contribution in [-0.4, -0.2) is 37.5 Å². The van der Waals surface area contributed by atoms with Crippen LogP contribution >= 0.6 is 11.3 Å². The number of ether oxygens (including phenoxy) is 4. The zero-order valence-electron chi connectivity index (χ0n) is 23.1. The molecule has 0 spiro atoms. The highest BCUT2D eigenvalue weighted by Gasteiger charge is 2.34. The van der Waals surface area contributed by atoms with Crippen LogP contribution in [-0.2, 0) is 9.53 Å². The number of hydrogen-bond acceptors (Lipinski definition) is 8. The van der Waals surface area contributed by atoms with Crippen molar-refractivity contribution in [2.45, 2.75) is 52.7 Å². The first-order chi connectivity index (χ1) is 18.8. The van der Waals surface area contributed by atoms with Gasteiger partial charge in [0.25, 0.3) is 5.56 Å². The molecule has 2 heterocycles. The molecule has 9 heteroatoms. The van der Waals surface area contributed by atoms with Crippen molar-refractivity contribution in [2.75, 3.05) is 20.8 Å². The van der Waals surface area contributed by atoms with Crippen molar-refractivity contribution in [3.63, 3.8) is 0 Å². The van der Waals surface area contributed by atoms with Crippen molar-refractivity contribution >= 4 is 23.4 Å². The van der Waals surface area contributed by atoms with E-state index in [1.165, 1.54) is 11.3 Å². The number of nitrogens with zero attached hydrogens (tertiary/aromatic N) is 2. The Balaban J connectivity index is 1.94. The SMILES string of the molecule is CCCC1=C(C(=O)OCC)[C@@H](c2cccc(OC)c2)n2c(s/c(=C\c3ccc(OC(C)C)c(OC)c3)c2=O)=N1. The minimum Gasteiger partial charge on any atom is -0.497 e. The first-order valence-corrected chi connectivity index (χ1v) is 13.8. The molecule has 0 amide bonds. The Morgan fingerprint density at radius 1 is 1.10 bits per heavy atom. The van der Waals surface area contributed by atoms with Crippen LogP contribution in [0.1, 0.15) is 57.7 Å². The molecule has 1 atom stereocenters. The summed E-state index contributed by atoms with van der Waals surface area (Å²) in [5, 5.41) is 0. The van der Waals surface area contributed by atoms with Gasteiger partial charge in [0, 0.05) is 0 Å². The molecule has 8 nitrogen and oxygen atoms in total. The first kappa shape index (κ1) is 28.2. The van der Waals surface area contributed by atoms with Gasteiger partial charge in [0.15, 0.2) is 16.3 Å². The van der Waals surface area contributed by atoms with Crippen LogP contribution in [0.25, 0.3) is 6.08 Å². The maximum atomic E-state index is 13.9. The predicted molar refractivity (Wildman–Crippen MR) is 151 cm³/mol. The van der Waals surface area contributed by atoms with Crippen LogP contribution < -0.4 is 29.1 Å². The van der Waals surface area contributed by atoms with Crippen molar-refractivity contribution in [1.82, 2.24) is 4.57 Å². The van der Waals surface area contributed by atoms with Crippen LogP contribution in [0.2, 0.25) is 0 Å². The Morgan fingerprint density at radius 3 is 2.56 bits per heavy atom. The van der Waals surface area contributed by atoms with Gasteiger partial charge in [-0.2, -0.15) is 0 Å². The van der Waals surface area contributed by atoms with E-state index >= 15 is 0 Å². The molecule has 0 N–H and O–H groups in total. The highest BCUT2D eigenvalue weighted by atomic mass is 32.1. The quantitative estimate of drug-likeness (QED) is 0.348. The Labute approximate surface area is 231 Å². The molecule has 0 fully saturated rings. The van der Waals surface area contributed by atoms with Gasteiger partial charge in [-0.25, -0.2) is 9.79 Å². The Kier molecular flexibility index (Phi) is 8.91. The largest absolute Gasteiger partial charge is 0.497 e. The standard InChI is InChI=1S/C30H34N2O6S/c1-7-10-22-26(29(34)37-8-2)27(20-11-9-12-21(17-20)35-5)32-28(33)25(39-30(32)31-22)16-19-13-14-23(38-18(3)4)24(15-19)36-6/h9,11-18,27H,7-8,10H2,1-6H3/b25-16-/t27-/m1/s1. The number of esters is 1. The highest BCUT2D eigenvalue weighted by Crippen LogP contribution is 2.34. The molecule has 0 unspecified atom stereocenters. The van der Waals surface area contributed by atoms with Gasteiger partial charge in [0.1, 0.15) is 5.75 Å². The third-order valence-electron chi connectivity index (χ3n) is 6.15. The Hall–Kier alpha value is -3.85. The van der Waals surface area contributed by atoms with Crippen LogP contribution in [0.5, 0.6) is 17.2 Å². The molecule has 0 aliphatic carbocycles. The number of fused-ring (bicyclic) bond motifs is 1. The zero-order chi connectivity index (χ0) is 28.1. The van der Waals surface area contributed by atoms with Gasteiger partial charge >= 0.3 is 5.97 Å². The summed E-state index contributed by atoms with van der Waals surface area (Å²) in [5.41, 5.74) is 2.29. The number of allylic oxidation sites excluding steroid dienone is 1. The zero-order valence-corrected chi connectivity index (χ0v) is 24.0. The minimum atomic E-state index is -0.699. The van der Waals surface area contributed by atoms with Gasteiger partial charge < -0.3 is 18.9 Å². The molecule has 0 bridgehead atoms. The smallest absolute Gasteiger partial charge is 0.338 e. The molecule has 4 rings (SSSR count). The lowest BCUT2D eigenvalue weighted by atomic mass is 9.94. The summed E-state index contributed by atoms with van der Waals surface area (Å²) >= 11 is 1.29. The van der Waals surface area contributed by atoms with Crippen molar-refractivity contribution in [3.05, 3.63) is 84.5 Å². The van der Waals surface area contributed by atoms with Crippen LogP contribution in [0, 0.1) is 0 Å². The van der Waals surface area contributed by atoms with Crippen molar-refractivity contribution in [2.24, 2.45) is 4.99 Å². The molecule has 2 aromatic carbocycles. The highest BCUT2D eigenvalue weighted by molar-refractivity contribution is 7.07. The first-order valence-electron chi connectivity index (χ1n) is 13.0. The molecule has 39 heavy (non-hydrogen) atoms. The molecule has 3 aromatic rings. The maximum Gasteiger partial charge on any atom is 0.338 e. The summed E-state index contributed by atoms with van der Waals surface area (Å²) in [6.45, 7) is 7.91. The van der Waals surface area contributed by atoms with E-state index in [0.717, 1.165) is 17.5 Å². The van der Waals surface area contributed by atoms with Crippen molar-refractivity contribution in [3.8, 4) is 17.2 Å². The van der Waals surface area contributed by atoms with Crippen molar-refractivity contribution in [1.29, 1.82) is 0 Å². The summed E-state index contributed by atoms with van der Waals surface area (Å²) in [7, 11) is 3.17. The van der Waals surface area contributed by atoms with E-state index in [2.05, 4.69) is 0 Å². The predicted octanol–water partition coefficient (Wildman–Crippen LogP) is 4.38. The maximum absolute atomic E-state index is 13.9. The summed E-state index contributed by atoms with van der Waals surface area (Å²) < 4.78 is 24.3. The monoisotopic (exact) mass is 550 g/mol. The normalized spacial score (nSPS) is 15.2. The molecular weight excluding hydrogens is 516 g/mol. The van der Waals surface area contributed by atoms with E-state index in [1.54, 1.807) is 25.7 Å². The third kappa shape index (κ3) is 5.93. The summed E-state index contributed by atoms with van der Waals surface area (Å²) in [6.07, 6.45) is 3.16. The van der Waals surface area contributed by atoms with E-state index in [0.29, 0.717) is 44.3 Å². The fourth-order valence-corrected chi connectivity index (χ4v) is 5.54. The van der Waals surface area contributed by atoms with Crippen LogP contribution in [0.15, 0.2) is 63.5 Å². The second kappa shape index (κ2) is 12.3. The number of carbonyl (C=O) groups is 1. The molecule has 0 radical (unpaired) electrons. The topological polar surface area (TPSA) is 88.4 Å².